The number of hydrogen-bond donors (Lipinski definition) is 1. The SMILES string of the molecule is C[C@H](Cn1cnc2c(N)ncnc21)OCP(=O)(Oc1cccc(Cl)c1)O[C@H]1CSSC[C@@H]1OCc1ccccc1. The fourth-order valence-electron chi connectivity index (χ4n) is 4.03. The van der Waals surface area contributed by atoms with Gasteiger partial charge in [-0.1, -0.05) is 69.6 Å². The Morgan fingerprint density at radius 3 is 2.70 bits per heavy atom. The molecule has 1 aliphatic rings. The van der Waals surface area contributed by atoms with Crippen LogP contribution < -0.4 is 10.3 Å². The van der Waals surface area contributed by atoms with Crippen molar-refractivity contribution in [1.29, 1.82) is 0 Å². The number of nitrogens with zero attached hydrogens (tertiary/aromatic N) is 4. The number of hydrogen-bond acceptors (Lipinski definition) is 11. The summed E-state index contributed by atoms with van der Waals surface area (Å²) in [5, 5.41) is 0.459. The summed E-state index contributed by atoms with van der Waals surface area (Å²) in [5.74, 6) is 1.91. The first-order chi connectivity index (χ1) is 19.4. The van der Waals surface area contributed by atoms with Crippen molar-refractivity contribution in [3.63, 3.8) is 0 Å². The Balaban J connectivity index is 1.29. The predicted molar refractivity (Wildman–Crippen MR) is 160 cm³/mol. The second-order valence-electron chi connectivity index (χ2n) is 9.14. The minimum atomic E-state index is -3.82. The Morgan fingerprint density at radius 2 is 1.90 bits per heavy atom. The number of aromatic nitrogens is 4. The van der Waals surface area contributed by atoms with E-state index in [1.165, 1.54) is 6.33 Å². The zero-order chi connectivity index (χ0) is 28.0. The number of nitrogen functional groups attached to an aromatic ring is 1. The number of anilines is 1. The van der Waals surface area contributed by atoms with E-state index in [0.29, 0.717) is 52.4 Å². The van der Waals surface area contributed by atoms with Crippen LogP contribution in [0.25, 0.3) is 11.2 Å². The standard InChI is InChI=1S/C26H29ClN5O5PS2/c1-18(11-32-16-31-24-25(28)29-15-30-26(24)32)35-17-38(33,36-21-9-5-8-20(27)10-21)37-23-14-40-39-13-22(23)34-12-19-6-3-2-4-7-19/h2-10,15-16,18,22-23H,11-14,17H2,1H3,(H2,28,29,30)/t18-,22+,23+,38?/m1/s1. The maximum Gasteiger partial charge on any atom is 0.405 e. The molecule has 0 amide bonds. The van der Waals surface area contributed by atoms with E-state index in [-0.39, 0.29) is 18.6 Å². The number of halogens is 1. The molecule has 2 N–H and O–H groups in total. The second kappa shape index (κ2) is 13.6. The highest BCUT2D eigenvalue weighted by atomic mass is 35.5. The van der Waals surface area contributed by atoms with E-state index in [4.69, 9.17) is 35.9 Å². The molecule has 10 nitrogen and oxygen atoms in total. The van der Waals surface area contributed by atoms with Gasteiger partial charge in [0.05, 0.1) is 31.7 Å². The first-order valence-electron chi connectivity index (χ1n) is 12.5. The van der Waals surface area contributed by atoms with E-state index in [1.54, 1.807) is 52.2 Å². The van der Waals surface area contributed by atoms with Crippen LogP contribution in [0, 0.1) is 0 Å². The highest BCUT2D eigenvalue weighted by Crippen LogP contribution is 2.52. The van der Waals surface area contributed by atoms with Crippen LogP contribution in [0.5, 0.6) is 5.75 Å². The molecule has 0 saturated carbocycles. The van der Waals surface area contributed by atoms with Crippen LogP contribution in [0.4, 0.5) is 5.82 Å². The van der Waals surface area contributed by atoms with Crippen LogP contribution in [0.15, 0.2) is 67.3 Å². The summed E-state index contributed by atoms with van der Waals surface area (Å²) in [6.45, 7) is 2.68. The van der Waals surface area contributed by atoms with Gasteiger partial charge in [0.15, 0.2) is 17.8 Å². The Hall–Kier alpha value is -2.31. The molecular formula is C26H29ClN5O5PS2. The third-order valence-electron chi connectivity index (χ3n) is 6.01. The summed E-state index contributed by atoms with van der Waals surface area (Å²) in [7, 11) is -0.468. The Labute approximate surface area is 245 Å². The number of nitrogens with two attached hydrogens (primary N) is 1. The van der Waals surface area contributed by atoms with Gasteiger partial charge in [-0.15, -0.1) is 0 Å². The van der Waals surface area contributed by atoms with Gasteiger partial charge >= 0.3 is 7.60 Å². The zero-order valence-corrected chi connectivity index (χ0v) is 25.0. The zero-order valence-electron chi connectivity index (χ0n) is 21.7. The summed E-state index contributed by atoms with van der Waals surface area (Å²) < 4.78 is 40.5. The normalized spacial score (nSPS) is 19.8. The molecule has 3 heterocycles. The maximum atomic E-state index is 14.2. The van der Waals surface area contributed by atoms with E-state index >= 15 is 0 Å². The molecule has 1 fully saturated rings. The van der Waals surface area contributed by atoms with Crippen molar-refractivity contribution in [3.8, 4) is 5.75 Å². The van der Waals surface area contributed by atoms with Crippen LogP contribution >= 0.6 is 40.8 Å². The average Bonchev–Trinajstić information content (AvgIpc) is 3.36. The largest absolute Gasteiger partial charge is 0.423 e. The van der Waals surface area contributed by atoms with Crippen molar-refractivity contribution in [1.82, 2.24) is 19.5 Å². The molecule has 1 unspecified atom stereocenters. The summed E-state index contributed by atoms with van der Waals surface area (Å²) in [4.78, 5) is 12.5. The first kappa shape index (κ1) is 29.2. The summed E-state index contributed by atoms with van der Waals surface area (Å²) in [6.07, 6.45) is 1.62. The highest BCUT2D eigenvalue weighted by molar-refractivity contribution is 8.76. The Kier molecular flexibility index (Phi) is 9.90. The molecule has 40 heavy (non-hydrogen) atoms. The predicted octanol–water partition coefficient (Wildman–Crippen LogP) is 6.06. The average molecular weight is 622 g/mol. The fraction of sp³-hybridized carbons (Fsp3) is 0.346. The molecule has 0 aliphatic carbocycles. The van der Waals surface area contributed by atoms with Crippen LogP contribution in [0.3, 0.4) is 0 Å². The minimum Gasteiger partial charge on any atom is -0.423 e. The molecule has 2 aromatic carbocycles. The van der Waals surface area contributed by atoms with Gasteiger partial charge < -0.3 is 24.3 Å². The molecule has 1 aliphatic heterocycles. The highest BCUT2D eigenvalue weighted by Gasteiger charge is 2.38. The lowest BCUT2D eigenvalue weighted by molar-refractivity contribution is -0.0192. The monoisotopic (exact) mass is 621 g/mol. The molecule has 0 spiro atoms. The summed E-state index contributed by atoms with van der Waals surface area (Å²) >= 11 is 6.16. The van der Waals surface area contributed by atoms with Gasteiger partial charge in [-0.05, 0) is 30.7 Å². The van der Waals surface area contributed by atoms with Gasteiger partial charge in [-0.2, -0.15) is 0 Å². The van der Waals surface area contributed by atoms with E-state index in [1.807, 2.05) is 41.8 Å². The molecule has 0 radical (unpaired) electrons. The van der Waals surface area contributed by atoms with E-state index < -0.39 is 13.7 Å². The van der Waals surface area contributed by atoms with Crippen molar-refractivity contribution in [3.05, 3.63) is 77.8 Å². The Bertz CT molecular complexity index is 1470. The second-order valence-corrected chi connectivity index (χ2v) is 14.0. The Morgan fingerprint density at radius 1 is 1.10 bits per heavy atom. The van der Waals surface area contributed by atoms with E-state index in [2.05, 4.69) is 15.0 Å². The quantitative estimate of drug-likeness (QED) is 0.147. The summed E-state index contributed by atoms with van der Waals surface area (Å²) in [6, 6.07) is 16.6. The molecule has 4 aromatic rings. The molecule has 2 aromatic heterocycles. The van der Waals surface area contributed by atoms with Gasteiger partial charge in [0.2, 0.25) is 0 Å². The van der Waals surface area contributed by atoms with Crippen LogP contribution in [-0.4, -0.2) is 55.7 Å². The third-order valence-corrected chi connectivity index (χ3v) is 10.2. The van der Waals surface area contributed by atoms with Crippen molar-refractivity contribution in [2.24, 2.45) is 0 Å². The molecule has 0 bridgehead atoms. The molecule has 212 valence electrons. The maximum absolute atomic E-state index is 14.2. The number of rotatable bonds is 12. The lowest BCUT2D eigenvalue weighted by Gasteiger charge is -2.33. The third kappa shape index (κ3) is 7.70. The van der Waals surface area contributed by atoms with Gasteiger partial charge in [0, 0.05) is 16.5 Å². The number of fused-ring (bicyclic) bond motifs is 1. The van der Waals surface area contributed by atoms with Gasteiger partial charge in [-0.25, -0.2) is 19.5 Å². The van der Waals surface area contributed by atoms with Crippen molar-refractivity contribution in [2.45, 2.75) is 38.4 Å². The lowest BCUT2D eigenvalue weighted by Crippen LogP contribution is -2.38. The number of benzene rings is 2. The van der Waals surface area contributed by atoms with Crippen LogP contribution in [0.1, 0.15) is 12.5 Å². The van der Waals surface area contributed by atoms with E-state index in [9.17, 15) is 4.57 Å². The van der Waals surface area contributed by atoms with Gasteiger partial charge in [-0.3, -0.25) is 4.52 Å². The van der Waals surface area contributed by atoms with Crippen LogP contribution in [0.2, 0.25) is 5.02 Å². The topological polar surface area (TPSA) is 124 Å². The van der Waals surface area contributed by atoms with Crippen molar-refractivity contribution < 1.29 is 23.1 Å². The van der Waals surface area contributed by atoms with Gasteiger partial charge in [0.25, 0.3) is 0 Å². The van der Waals surface area contributed by atoms with E-state index in [0.717, 1.165) is 5.56 Å². The summed E-state index contributed by atoms with van der Waals surface area (Å²) in [5.41, 5.74) is 8.06. The molecule has 4 atom stereocenters. The fourth-order valence-corrected chi connectivity index (χ4v) is 8.39. The molecular weight excluding hydrogens is 593 g/mol. The van der Waals surface area contributed by atoms with Gasteiger partial charge in [0.1, 0.15) is 23.7 Å². The smallest absolute Gasteiger partial charge is 0.405 e. The van der Waals surface area contributed by atoms with Crippen molar-refractivity contribution >= 4 is 57.8 Å². The molecule has 1 saturated heterocycles. The molecule has 5 rings (SSSR count). The lowest BCUT2D eigenvalue weighted by atomic mass is 10.2. The number of imidazole rings is 1. The van der Waals surface area contributed by atoms with Crippen molar-refractivity contribution in [2.75, 3.05) is 23.6 Å². The molecule has 14 heteroatoms. The van der Waals surface area contributed by atoms with Crippen LogP contribution in [-0.2, 0) is 31.7 Å². The minimum absolute atomic E-state index is 0.274. The number of ether oxygens (including phenoxy) is 2. The first-order valence-corrected chi connectivity index (χ1v) is 17.1.